The zero-order chi connectivity index (χ0) is 6.15. The fourth-order valence-corrected chi connectivity index (χ4v) is 1.07. The summed E-state index contributed by atoms with van der Waals surface area (Å²) in [6.45, 7) is 1.75. The van der Waals surface area contributed by atoms with E-state index in [4.69, 9.17) is 0 Å². The van der Waals surface area contributed by atoms with Crippen molar-refractivity contribution in [1.82, 2.24) is 10.2 Å². The topological polar surface area (TPSA) is 32.3 Å². The van der Waals surface area contributed by atoms with Crippen LogP contribution in [0.4, 0.5) is 4.79 Å². The number of rotatable bonds is 0. The monoisotopic (exact) mass is 177 g/mol. The molecule has 0 aromatic heterocycles. The van der Waals surface area contributed by atoms with Gasteiger partial charge in [-0.05, 0) is 0 Å². The molecule has 1 N–H and O–H groups in total. The number of carbonyl (C=O) groups excluding carboxylic acids is 1. The van der Waals surface area contributed by atoms with Crippen molar-refractivity contribution >= 4 is 22.0 Å². The van der Waals surface area contributed by atoms with Gasteiger partial charge in [0.25, 0.3) is 0 Å². The number of nitrogens with one attached hydrogen (secondary N) is 1. The number of hydrogen-bond acceptors (Lipinski definition) is 1. The average Bonchev–Trinajstić information content (AvgIpc) is 1.85. The smallest absolute Gasteiger partial charge is 0.318 e. The maximum absolute atomic E-state index is 10.5. The van der Waals surface area contributed by atoms with Crippen LogP contribution in [-0.2, 0) is 0 Å². The van der Waals surface area contributed by atoms with Crippen LogP contribution < -0.4 is 5.32 Å². The third-order valence-corrected chi connectivity index (χ3v) is 1.40. The van der Waals surface area contributed by atoms with E-state index in [1.54, 1.807) is 13.6 Å². The molecule has 0 aliphatic carbocycles. The summed E-state index contributed by atoms with van der Waals surface area (Å²) in [6.07, 6.45) is 0. The van der Waals surface area contributed by atoms with Crippen LogP contribution in [0.1, 0.15) is 0 Å². The van der Waals surface area contributed by atoms with E-state index in [0.29, 0.717) is 0 Å². The van der Waals surface area contributed by atoms with Crippen molar-refractivity contribution in [2.24, 2.45) is 0 Å². The SMILES string of the molecule is CN1[CH]C(Br)NC1=O. The normalized spacial score (nSPS) is 28.5. The number of carbonyl (C=O) groups is 1. The Morgan fingerprint density at radius 3 is 2.75 bits per heavy atom. The molecule has 1 fully saturated rings. The number of alkyl halides is 1. The van der Waals surface area contributed by atoms with Gasteiger partial charge in [0.2, 0.25) is 0 Å². The molecule has 0 saturated carbocycles. The molecule has 1 atom stereocenters. The lowest BCUT2D eigenvalue weighted by molar-refractivity contribution is 0.229. The van der Waals surface area contributed by atoms with Crippen LogP contribution in [0.2, 0.25) is 0 Å². The van der Waals surface area contributed by atoms with Gasteiger partial charge in [-0.1, -0.05) is 15.9 Å². The van der Waals surface area contributed by atoms with Gasteiger partial charge in [-0.3, -0.25) is 0 Å². The Balaban J connectivity index is 2.51. The fourth-order valence-electron chi connectivity index (χ4n) is 0.521. The summed E-state index contributed by atoms with van der Waals surface area (Å²) in [5.74, 6) is 0. The highest BCUT2D eigenvalue weighted by molar-refractivity contribution is 9.09. The molecule has 1 saturated heterocycles. The van der Waals surface area contributed by atoms with Crippen molar-refractivity contribution in [3.8, 4) is 0 Å². The zero-order valence-corrected chi connectivity index (χ0v) is 5.97. The highest BCUT2D eigenvalue weighted by Gasteiger charge is 2.22. The summed E-state index contributed by atoms with van der Waals surface area (Å²) in [7, 11) is 1.70. The average molecular weight is 178 g/mol. The van der Waals surface area contributed by atoms with Crippen LogP contribution in [0.5, 0.6) is 0 Å². The predicted octanol–water partition coefficient (Wildman–Crippen LogP) is 0.524. The molecular formula is C4H6BrN2O. The Morgan fingerprint density at radius 2 is 2.62 bits per heavy atom. The molecule has 0 spiro atoms. The second kappa shape index (κ2) is 1.93. The molecule has 2 amide bonds. The maximum Gasteiger partial charge on any atom is 0.318 e. The Hall–Kier alpha value is -0.250. The molecule has 0 bridgehead atoms. The Kier molecular flexibility index (Phi) is 1.42. The molecule has 1 rings (SSSR count). The standard InChI is InChI=1S/C4H6BrN2O/c1-7-2-3(5)6-4(7)8/h2-3H,1H3,(H,6,8). The van der Waals surface area contributed by atoms with Crippen molar-refractivity contribution in [3.05, 3.63) is 6.54 Å². The van der Waals surface area contributed by atoms with Gasteiger partial charge in [-0.2, -0.15) is 0 Å². The van der Waals surface area contributed by atoms with E-state index in [9.17, 15) is 4.79 Å². The lowest BCUT2D eigenvalue weighted by atomic mass is 10.7. The quantitative estimate of drug-likeness (QED) is 0.425. The number of nitrogens with zero attached hydrogens (tertiary/aromatic N) is 1. The van der Waals surface area contributed by atoms with E-state index in [1.165, 1.54) is 4.90 Å². The van der Waals surface area contributed by atoms with Crippen molar-refractivity contribution in [1.29, 1.82) is 0 Å². The van der Waals surface area contributed by atoms with Crippen molar-refractivity contribution in [3.63, 3.8) is 0 Å². The van der Waals surface area contributed by atoms with Gasteiger partial charge < -0.3 is 10.2 Å². The molecule has 1 aliphatic heterocycles. The first-order valence-corrected chi connectivity index (χ1v) is 3.14. The van der Waals surface area contributed by atoms with Crippen LogP contribution in [0, 0.1) is 6.54 Å². The number of likely N-dealkylation sites (N-methyl/N-ethyl adjacent to an activating group) is 1. The van der Waals surface area contributed by atoms with Gasteiger partial charge in [0.15, 0.2) is 0 Å². The van der Waals surface area contributed by atoms with Crippen LogP contribution in [0.15, 0.2) is 0 Å². The van der Waals surface area contributed by atoms with Crippen LogP contribution >= 0.6 is 15.9 Å². The highest BCUT2D eigenvalue weighted by Crippen LogP contribution is 2.09. The highest BCUT2D eigenvalue weighted by atomic mass is 79.9. The van der Waals surface area contributed by atoms with Crippen LogP contribution in [0.25, 0.3) is 0 Å². The van der Waals surface area contributed by atoms with Gasteiger partial charge in [0.05, 0.1) is 6.54 Å². The summed E-state index contributed by atoms with van der Waals surface area (Å²) in [5.41, 5.74) is 0. The predicted molar refractivity (Wildman–Crippen MR) is 33.3 cm³/mol. The van der Waals surface area contributed by atoms with Gasteiger partial charge in [-0.15, -0.1) is 0 Å². The molecule has 0 aromatic rings. The number of urea groups is 1. The minimum absolute atomic E-state index is 0.0139. The Bertz CT molecular complexity index is 117. The first-order chi connectivity index (χ1) is 3.70. The Morgan fingerprint density at radius 1 is 2.00 bits per heavy atom. The molecule has 1 radical (unpaired) electrons. The third-order valence-electron chi connectivity index (χ3n) is 0.936. The minimum atomic E-state index is -0.0631. The van der Waals surface area contributed by atoms with E-state index in [2.05, 4.69) is 21.2 Å². The molecule has 0 aromatic carbocycles. The molecule has 45 valence electrons. The summed E-state index contributed by atoms with van der Waals surface area (Å²) in [4.78, 5) is 12.1. The fraction of sp³-hybridized carbons (Fsp3) is 0.500. The van der Waals surface area contributed by atoms with Gasteiger partial charge in [0, 0.05) is 7.05 Å². The van der Waals surface area contributed by atoms with E-state index in [1.807, 2.05) is 0 Å². The lowest BCUT2D eigenvalue weighted by Crippen LogP contribution is -2.24. The summed E-state index contributed by atoms with van der Waals surface area (Å²) in [5, 5.41) is 2.61. The molecule has 8 heavy (non-hydrogen) atoms. The molecule has 1 heterocycles. The maximum atomic E-state index is 10.5. The second-order valence-electron chi connectivity index (χ2n) is 1.61. The minimum Gasteiger partial charge on any atom is -0.323 e. The Labute approximate surface area is 56.2 Å². The van der Waals surface area contributed by atoms with Crippen LogP contribution in [0.3, 0.4) is 0 Å². The molecule has 1 aliphatic rings. The molecule has 1 unspecified atom stereocenters. The van der Waals surface area contributed by atoms with E-state index < -0.39 is 0 Å². The number of hydrogen-bond donors (Lipinski definition) is 1. The summed E-state index contributed by atoms with van der Waals surface area (Å²) < 4.78 is 0. The molecular weight excluding hydrogens is 172 g/mol. The van der Waals surface area contributed by atoms with Gasteiger partial charge >= 0.3 is 6.03 Å². The molecule has 4 heteroatoms. The van der Waals surface area contributed by atoms with E-state index in [0.717, 1.165) is 0 Å². The largest absolute Gasteiger partial charge is 0.323 e. The number of amides is 2. The van der Waals surface area contributed by atoms with Crippen LogP contribution in [-0.4, -0.2) is 22.9 Å². The molecule has 3 nitrogen and oxygen atoms in total. The zero-order valence-electron chi connectivity index (χ0n) is 4.39. The van der Waals surface area contributed by atoms with Crippen molar-refractivity contribution in [2.45, 2.75) is 4.95 Å². The summed E-state index contributed by atoms with van der Waals surface area (Å²) in [6, 6.07) is -0.0631. The van der Waals surface area contributed by atoms with E-state index >= 15 is 0 Å². The lowest BCUT2D eigenvalue weighted by Gasteiger charge is -2.00. The third kappa shape index (κ3) is 0.940. The van der Waals surface area contributed by atoms with E-state index in [-0.39, 0.29) is 11.0 Å². The first kappa shape index (κ1) is 5.88. The number of halogens is 1. The first-order valence-electron chi connectivity index (χ1n) is 2.22. The van der Waals surface area contributed by atoms with Gasteiger partial charge in [-0.25, -0.2) is 4.79 Å². The summed E-state index contributed by atoms with van der Waals surface area (Å²) >= 11 is 3.19. The van der Waals surface area contributed by atoms with Crippen molar-refractivity contribution in [2.75, 3.05) is 7.05 Å². The van der Waals surface area contributed by atoms with Crippen molar-refractivity contribution < 1.29 is 4.79 Å². The van der Waals surface area contributed by atoms with Gasteiger partial charge in [0.1, 0.15) is 4.95 Å². The second-order valence-corrected chi connectivity index (χ2v) is 2.60.